The number of ketones is 1. The van der Waals surface area contributed by atoms with Gasteiger partial charge in [0.25, 0.3) is 0 Å². The minimum absolute atomic E-state index is 0.0936. The van der Waals surface area contributed by atoms with Crippen LogP contribution in [0.25, 0.3) is 0 Å². The molecule has 1 aromatic rings. The highest BCUT2D eigenvalue weighted by atomic mass is 32.2. The lowest BCUT2D eigenvalue weighted by Gasteiger charge is -2.15. The molecule has 2 heterocycles. The molecule has 0 aromatic carbocycles. The van der Waals surface area contributed by atoms with Crippen molar-refractivity contribution in [3.63, 3.8) is 0 Å². The molecule has 1 fully saturated rings. The summed E-state index contributed by atoms with van der Waals surface area (Å²) in [6.07, 6.45) is 2.09. The molecule has 2 rings (SSSR count). The number of thioether (sulfide) groups is 1. The van der Waals surface area contributed by atoms with Crippen LogP contribution in [0.3, 0.4) is 0 Å². The Hall–Kier alpha value is -1.91. The van der Waals surface area contributed by atoms with Crippen LogP contribution >= 0.6 is 11.8 Å². The van der Waals surface area contributed by atoms with Crippen molar-refractivity contribution in [2.75, 3.05) is 13.2 Å². The van der Waals surface area contributed by atoms with E-state index < -0.39 is 5.25 Å². The second-order valence-corrected chi connectivity index (χ2v) is 7.11. The standard InChI is InChI=1S/C17H21N3O3S/c1-10-15(11(2)21)7-13(8-18)17(20-10)24-12(3)16(22)19-9-14-5-4-6-23-14/h7,12,14H,4-6,9H2,1-3H3,(H,19,22)/t12-,14+/m0/s1. The molecule has 1 aliphatic heterocycles. The van der Waals surface area contributed by atoms with Gasteiger partial charge in [0.15, 0.2) is 5.78 Å². The van der Waals surface area contributed by atoms with Gasteiger partial charge in [-0.2, -0.15) is 5.26 Å². The number of aryl methyl sites for hydroxylation is 1. The van der Waals surface area contributed by atoms with Crippen molar-refractivity contribution >= 4 is 23.5 Å². The van der Waals surface area contributed by atoms with E-state index in [4.69, 9.17) is 4.74 Å². The number of aromatic nitrogens is 1. The fraction of sp³-hybridized carbons (Fsp3) is 0.529. The molecule has 24 heavy (non-hydrogen) atoms. The van der Waals surface area contributed by atoms with Gasteiger partial charge in [0.1, 0.15) is 11.1 Å². The molecular formula is C17H21N3O3S. The van der Waals surface area contributed by atoms with Gasteiger partial charge in [-0.3, -0.25) is 9.59 Å². The molecule has 0 saturated carbocycles. The number of hydrogen-bond donors (Lipinski definition) is 1. The van der Waals surface area contributed by atoms with Crippen LogP contribution in [0.2, 0.25) is 0 Å². The zero-order chi connectivity index (χ0) is 17.7. The Labute approximate surface area is 146 Å². The normalized spacial score (nSPS) is 18.0. The third kappa shape index (κ3) is 4.56. The molecule has 1 N–H and O–H groups in total. The summed E-state index contributed by atoms with van der Waals surface area (Å²) in [6, 6.07) is 3.60. The van der Waals surface area contributed by atoms with Crippen LogP contribution in [0.5, 0.6) is 0 Å². The van der Waals surface area contributed by atoms with Gasteiger partial charge in [-0.05, 0) is 39.7 Å². The predicted molar refractivity (Wildman–Crippen MR) is 91.0 cm³/mol. The number of nitriles is 1. The quantitative estimate of drug-likeness (QED) is 0.627. The van der Waals surface area contributed by atoms with E-state index in [-0.39, 0.29) is 17.8 Å². The largest absolute Gasteiger partial charge is 0.376 e. The lowest BCUT2D eigenvalue weighted by atomic mass is 10.1. The van der Waals surface area contributed by atoms with Crippen LogP contribution in [-0.4, -0.2) is 41.2 Å². The number of rotatable bonds is 6. The maximum Gasteiger partial charge on any atom is 0.233 e. The van der Waals surface area contributed by atoms with E-state index in [0.717, 1.165) is 19.4 Å². The number of nitrogens with one attached hydrogen (secondary N) is 1. The minimum atomic E-state index is -0.395. The lowest BCUT2D eigenvalue weighted by Crippen LogP contribution is -2.36. The van der Waals surface area contributed by atoms with Crippen LogP contribution < -0.4 is 5.32 Å². The maximum absolute atomic E-state index is 12.2. The topological polar surface area (TPSA) is 92.1 Å². The number of hydrogen-bond acceptors (Lipinski definition) is 6. The first-order valence-electron chi connectivity index (χ1n) is 7.91. The number of carbonyl (C=O) groups excluding carboxylic acids is 2. The Kier molecular flexibility index (Phi) is 6.35. The smallest absolute Gasteiger partial charge is 0.233 e. The van der Waals surface area contributed by atoms with Gasteiger partial charge in [0.2, 0.25) is 5.91 Å². The van der Waals surface area contributed by atoms with Crippen LogP contribution in [-0.2, 0) is 9.53 Å². The average Bonchev–Trinajstić information content (AvgIpc) is 3.05. The zero-order valence-electron chi connectivity index (χ0n) is 14.1. The van der Waals surface area contributed by atoms with Gasteiger partial charge in [0, 0.05) is 24.4 Å². The Balaban J connectivity index is 2.03. The summed E-state index contributed by atoms with van der Waals surface area (Å²) in [4.78, 5) is 28.1. The molecule has 1 aliphatic rings. The summed E-state index contributed by atoms with van der Waals surface area (Å²) in [7, 11) is 0. The molecule has 6 nitrogen and oxygen atoms in total. The zero-order valence-corrected chi connectivity index (χ0v) is 14.9. The summed E-state index contributed by atoms with van der Waals surface area (Å²) >= 11 is 1.22. The first-order chi connectivity index (χ1) is 11.4. The van der Waals surface area contributed by atoms with E-state index in [1.165, 1.54) is 18.7 Å². The fourth-order valence-corrected chi connectivity index (χ4v) is 3.44. The van der Waals surface area contributed by atoms with E-state index in [0.29, 0.717) is 28.4 Å². The molecule has 0 unspecified atom stereocenters. The third-order valence-corrected chi connectivity index (χ3v) is 4.97. The van der Waals surface area contributed by atoms with Gasteiger partial charge in [0.05, 0.1) is 16.9 Å². The van der Waals surface area contributed by atoms with Crippen molar-refractivity contribution in [3.8, 4) is 6.07 Å². The second kappa shape index (κ2) is 8.27. The number of amides is 1. The molecule has 1 aromatic heterocycles. The molecule has 0 spiro atoms. The Bertz CT molecular complexity index is 678. The fourth-order valence-electron chi connectivity index (χ4n) is 2.49. The van der Waals surface area contributed by atoms with Gasteiger partial charge >= 0.3 is 0 Å². The van der Waals surface area contributed by atoms with E-state index in [1.54, 1.807) is 19.9 Å². The first-order valence-corrected chi connectivity index (χ1v) is 8.79. The molecule has 0 bridgehead atoms. The first kappa shape index (κ1) is 18.4. The van der Waals surface area contributed by atoms with E-state index in [2.05, 4.69) is 16.4 Å². The molecule has 0 aliphatic carbocycles. The van der Waals surface area contributed by atoms with E-state index in [1.807, 2.05) is 0 Å². The molecule has 2 atom stereocenters. The van der Waals surface area contributed by atoms with Gasteiger partial charge in [-0.1, -0.05) is 11.8 Å². The Morgan fingerprint density at radius 3 is 2.92 bits per heavy atom. The van der Waals surface area contributed by atoms with Crippen molar-refractivity contribution in [2.24, 2.45) is 0 Å². The summed E-state index contributed by atoms with van der Waals surface area (Å²) in [5, 5.41) is 12.2. The van der Waals surface area contributed by atoms with Crippen LogP contribution in [0, 0.1) is 18.3 Å². The van der Waals surface area contributed by atoms with Crippen LogP contribution in [0.4, 0.5) is 0 Å². The summed E-state index contributed by atoms with van der Waals surface area (Å²) in [5.74, 6) is -0.245. The number of Topliss-reactive ketones (excluding diaryl/α,β-unsaturated/α-hetero) is 1. The van der Waals surface area contributed by atoms with Crippen LogP contribution in [0.1, 0.15) is 48.3 Å². The highest BCUT2D eigenvalue weighted by Crippen LogP contribution is 2.27. The molecule has 0 radical (unpaired) electrons. The van der Waals surface area contributed by atoms with Crippen LogP contribution in [0.15, 0.2) is 11.1 Å². The van der Waals surface area contributed by atoms with Crippen molar-refractivity contribution in [2.45, 2.75) is 50.0 Å². The summed E-state index contributed by atoms with van der Waals surface area (Å²) in [6.45, 7) is 6.20. The molecule has 128 valence electrons. The maximum atomic E-state index is 12.2. The molecule has 1 saturated heterocycles. The Morgan fingerprint density at radius 2 is 2.33 bits per heavy atom. The summed E-state index contributed by atoms with van der Waals surface area (Å²) < 4.78 is 5.48. The van der Waals surface area contributed by atoms with Crippen molar-refractivity contribution in [1.82, 2.24) is 10.3 Å². The summed E-state index contributed by atoms with van der Waals surface area (Å²) in [5.41, 5.74) is 1.32. The third-order valence-electron chi connectivity index (χ3n) is 3.86. The predicted octanol–water partition coefficient (Wildman–Crippen LogP) is 2.24. The molecule has 7 heteroatoms. The number of nitrogens with zero attached hydrogens (tertiary/aromatic N) is 2. The van der Waals surface area contributed by atoms with E-state index >= 15 is 0 Å². The number of pyridine rings is 1. The van der Waals surface area contributed by atoms with Crippen molar-refractivity contribution < 1.29 is 14.3 Å². The Morgan fingerprint density at radius 1 is 1.58 bits per heavy atom. The second-order valence-electron chi connectivity index (χ2n) is 5.78. The lowest BCUT2D eigenvalue weighted by molar-refractivity contribution is -0.120. The number of carbonyl (C=O) groups is 2. The highest BCUT2D eigenvalue weighted by molar-refractivity contribution is 8.00. The van der Waals surface area contributed by atoms with Gasteiger partial charge < -0.3 is 10.1 Å². The van der Waals surface area contributed by atoms with E-state index in [9.17, 15) is 14.9 Å². The van der Waals surface area contributed by atoms with Crippen molar-refractivity contribution in [3.05, 3.63) is 22.9 Å². The highest BCUT2D eigenvalue weighted by Gasteiger charge is 2.21. The minimum Gasteiger partial charge on any atom is -0.376 e. The average molecular weight is 347 g/mol. The van der Waals surface area contributed by atoms with Crippen molar-refractivity contribution in [1.29, 1.82) is 5.26 Å². The number of ether oxygens (including phenoxy) is 1. The van der Waals surface area contributed by atoms with Gasteiger partial charge in [-0.15, -0.1) is 0 Å². The SMILES string of the molecule is CC(=O)c1cc(C#N)c(S[C@@H](C)C(=O)NC[C@H]2CCCO2)nc1C. The monoisotopic (exact) mass is 347 g/mol. The van der Waals surface area contributed by atoms with Gasteiger partial charge in [-0.25, -0.2) is 4.98 Å². The molecular weight excluding hydrogens is 326 g/mol. The molecule has 1 amide bonds.